The molecule has 0 bridgehead atoms. The normalized spacial score (nSPS) is 19.9. The van der Waals surface area contributed by atoms with Gasteiger partial charge in [-0.15, -0.1) is 0 Å². The Bertz CT molecular complexity index is 1510. The molecule has 2 heterocycles. The summed E-state index contributed by atoms with van der Waals surface area (Å²) in [4.78, 5) is 29.5. The van der Waals surface area contributed by atoms with Gasteiger partial charge in [-0.25, -0.2) is 0 Å². The second kappa shape index (κ2) is 11.5. The lowest BCUT2D eigenvalue weighted by atomic mass is 9.78. The van der Waals surface area contributed by atoms with Crippen LogP contribution in [0, 0.1) is 5.92 Å². The van der Waals surface area contributed by atoms with Gasteiger partial charge in [-0.05, 0) is 54.0 Å². The highest BCUT2D eigenvalue weighted by Gasteiger charge is 2.41. The summed E-state index contributed by atoms with van der Waals surface area (Å²) < 4.78 is 5.70. The van der Waals surface area contributed by atoms with Crippen LogP contribution in [0.5, 0.6) is 0 Å². The minimum Gasteiger partial charge on any atom is -0.497 e. The predicted molar refractivity (Wildman–Crippen MR) is 161 cm³/mol. The number of fused-ring (bicyclic) bond motifs is 3. The highest BCUT2D eigenvalue weighted by Crippen LogP contribution is 2.39. The quantitative estimate of drug-likeness (QED) is 0.363. The topological polar surface area (TPSA) is 70.7 Å². The van der Waals surface area contributed by atoms with Crippen LogP contribution < -0.4 is 10.6 Å². The van der Waals surface area contributed by atoms with Crippen molar-refractivity contribution in [1.29, 1.82) is 0 Å². The van der Waals surface area contributed by atoms with Crippen molar-refractivity contribution in [2.45, 2.75) is 12.5 Å². The molecule has 202 valence electrons. The first-order chi connectivity index (χ1) is 19.6. The second-order valence-corrected chi connectivity index (χ2v) is 11.1. The summed E-state index contributed by atoms with van der Waals surface area (Å²) in [6.45, 7) is 0.885. The van der Waals surface area contributed by atoms with Crippen LogP contribution in [0.2, 0.25) is 0 Å². The SMILES string of the molecule is COC1=CCC(C(=O)c2ccc(NC(=O)c3ccccc3-c3ccccc3)cc2)C2C1=CNC=C1CSCCN12. The number of nitrogens with one attached hydrogen (secondary N) is 2. The standard InChI is InChI=1S/C33H31N3O3S/c1-39-30-16-15-28(31-29(30)20-34-19-25-21-40-18-17-36(25)31)32(37)23-11-13-24(14-12-23)35-33(38)27-10-6-5-9-26(27)22-7-3-2-4-8-22/h2-14,16,19-20,28,31,34H,15,17-18,21H2,1H3,(H,35,38). The predicted octanol–water partition coefficient (Wildman–Crippen LogP) is 6.08. The van der Waals surface area contributed by atoms with Crippen LogP contribution in [0.25, 0.3) is 11.1 Å². The Kier molecular flexibility index (Phi) is 7.47. The molecule has 40 heavy (non-hydrogen) atoms. The zero-order valence-corrected chi connectivity index (χ0v) is 23.1. The molecule has 0 radical (unpaired) electrons. The molecule has 1 aliphatic carbocycles. The number of carbonyl (C=O) groups is 2. The smallest absolute Gasteiger partial charge is 0.256 e. The lowest BCUT2D eigenvalue weighted by molar-refractivity contribution is 0.0837. The molecule has 0 saturated carbocycles. The number of methoxy groups -OCH3 is 1. The van der Waals surface area contributed by atoms with Crippen LogP contribution in [0.3, 0.4) is 0 Å². The van der Waals surface area contributed by atoms with Gasteiger partial charge < -0.3 is 20.3 Å². The molecule has 1 saturated heterocycles. The number of nitrogens with zero attached hydrogens (tertiary/aromatic N) is 1. The molecule has 6 nitrogen and oxygen atoms in total. The summed E-state index contributed by atoms with van der Waals surface area (Å²) in [5, 5.41) is 6.32. The Hall–Kier alpha value is -4.23. The van der Waals surface area contributed by atoms with Crippen molar-refractivity contribution in [2.24, 2.45) is 5.92 Å². The summed E-state index contributed by atoms with van der Waals surface area (Å²) in [6.07, 6.45) is 6.64. The average Bonchev–Trinajstić information content (AvgIpc) is 3.21. The van der Waals surface area contributed by atoms with E-state index >= 15 is 0 Å². The molecule has 6 rings (SSSR count). The minimum atomic E-state index is -0.241. The number of hydrogen-bond acceptors (Lipinski definition) is 6. The largest absolute Gasteiger partial charge is 0.497 e. The number of benzene rings is 3. The number of ether oxygens (including phenoxy) is 1. The fourth-order valence-electron chi connectivity index (χ4n) is 5.75. The molecule has 2 N–H and O–H groups in total. The number of allylic oxidation sites excluding steroid dienone is 1. The van der Waals surface area contributed by atoms with E-state index in [1.54, 1.807) is 7.11 Å². The van der Waals surface area contributed by atoms with Gasteiger partial charge in [-0.1, -0.05) is 48.5 Å². The molecule has 1 fully saturated rings. The molecular weight excluding hydrogens is 518 g/mol. The van der Waals surface area contributed by atoms with Crippen molar-refractivity contribution in [3.05, 3.63) is 125 Å². The fraction of sp³-hybridized carbons (Fsp3) is 0.212. The molecule has 0 aromatic heterocycles. The van der Waals surface area contributed by atoms with E-state index < -0.39 is 0 Å². The van der Waals surface area contributed by atoms with E-state index in [0.29, 0.717) is 23.2 Å². The number of hydrogen-bond donors (Lipinski definition) is 2. The molecule has 1 amide bonds. The zero-order chi connectivity index (χ0) is 27.5. The molecule has 7 heteroatoms. The maximum absolute atomic E-state index is 13.9. The Morgan fingerprint density at radius 3 is 2.55 bits per heavy atom. The Morgan fingerprint density at radius 2 is 1.75 bits per heavy atom. The van der Waals surface area contributed by atoms with E-state index in [4.69, 9.17) is 4.74 Å². The van der Waals surface area contributed by atoms with Crippen LogP contribution in [0.1, 0.15) is 27.1 Å². The van der Waals surface area contributed by atoms with Gasteiger partial charge in [0.25, 0.3) is 5.91 Å². The fourth-order valence-corrected chi connectivity index (χ4v) is 6.68. The van der Waals surface area contributed by atoms with Crippen molar-refractivity contribution >= 4 is 29.1 Å². The Morgan fingerprint density at radius 1 is 0.975 bits per heavy atom. The van der Waals surface area contributed by atoms with E-state index in [9.17, 15) is 9.59 Å². The number of rotatable bonds is 6. The first-order valence-corrected chi connectivity index (χ1v) is 14.6. The third-order valence-corrected chi connectivity index (χ3v) is 8.67. The van der Waals surface area contributed by atoms with E-state index in [-0.39, 0.29) is 23.7 Å². The Labute approximate surface area is 238 Å². The van der Waals surface area contributed by atoms with Gasteiger partial charge in [0.2, 0.25) is 0 Å². The molecular formula is C33H31N3O3S. The summed E-state index contributed by atoms with van der Waals surface area (Å²) in [5.41, 5.74) is 5.95. The van der Waals surface area contributed by atoms with Crippen molar-refractivity contribution in [2.75, 3.05) is 30.5 Å². The maximum atomic E-state index is 13.9. The molecule has 2 atom stereocenters. The summed E-state index contributed by atoms with van der Waals surface area (Å²) in [7, 11) is 1.68. The van der Waals surface area contributed by atoms with Gasteiger partial charge in [0.05, 0.1) is 19.1 Å². The van der Waals surface area contributed by atoms with E-state index in [0.717, 1.165) is 40.5 Å². The van der Waals surface area contributed by atoms with Crippen LogP contribution in [-0.2, 0) is 4.74 Å². The molecule has 2 unspecified atom stereocenters. The number of Topliss-reactive ketones (excluding diaryl/α,β-unsaturated/α-hetero) is 1. The summed E-state index contributed by atoms with van der Waals surface area (Å²) in [6, 6.07) is 24.6. The Balaban J connectivity index is 1.22. The van der Waals surface area contributed by atoms with E-state index in [1.165, 1.54) is 5.70 Å². The molecule has 3 aliphatic rings. The van der Waals surface area contributed by atoms with Crippen LogP contribution >= 0.6 is 11.8 Å². The van der Waals surface area contributed by atoms with Gasteiger partial charge in [-0.3, -0.25) is 9.59 Å². The van der Waals surface area contributed by atoms with Crippen molar-refractivity contribution in [1.82, 2.24) is 10.2 Å². The first kappa shape index (κ1) is 26.0. The third-order valence-electron chi connectivity index (χ3n) is 7.70. The highest BCUT2D eigenvalue weighted by atomic mass is 32.2. The van der Waals surface area contributed by atoms with Gasteiger partial charge in [0.15, 0.2) is 5.78 Å². The lowest BCUT2D eigenvalue weighted by Crippen LogP contribution is -2.48. The third kappa shape index (κ3) is 5.05. The van der Waals surface area contributed by atoms with Crippen LogP contribution in [-0.4, -0.2) is 47.8 Å². The monoisotopic (exact) mass is 549 g/mol. The first-order valence-electron chi connectivity index (χ1n) is 13.5. The number of thioether (sulfide) groups is 1. The van der Waals surface area contributed by atoms with Crippen LogP contribution in [0.4, 0.5) is 5.69 Å². The average molecular weight is 550 g/mol. The second-order valence-electron chi connectivity index (χ2n) is 10.0. The van der Waals surface area contributed by atoms with Crippen molar-refractivity contribution in [3.63, 3.8) is 0 Å². The number of ketones is 1. The van der Waals surface area contributed by atoms with Crippen molar-refractivity contribution < 1.29 is 14.3 Å². The van der Waals surface area contributed by atoms with Gasteiger partial charge >= 0.3 is 0 Å². The molecule has 3 aromatic carbocycles. The molecule has 0 spiro atoms. The maximum Gasteiger partial charge on any atom is 0.256 e. The lowest BCUT2D eigenvalue weighted by Gasteiger charge is -2.43. The van der Waals surface area contributed by atoms with Crippen LogP contribution in [0.15, 0.2) is 114 Å². The van der Waals surface area contributed by atoms with E-state index in [2.05, 4.69) is 15.5 Å². The summed E-state index contributed by atoms with van der Waals surface area (Å²) >= 11 is 1.91. The molecule has 2 aliphatic heterocycles. The van der Waals surface area contributed by atoms with Gasteiger partial charge in [-0.2, -0.15) is 11.8 Å². The van der Waals surface area contributed by atoms with Crippen molar-refractivity contribution in [3.8, 4) is 11.1 Å². The minimum absolute atomic E-state index is 0.0917. The zero-order valence-electron chi connectivity index (χ0n) is 22.3. The number of carbonyl (C=O) groups excluding carboxylic acids is 2. The van der Waals surface area contributed by atoms with Gasteiger partial charge in [0, 0.05) is 58.5 Å². The number of anilines is 1. The van der Waals surface area contributed by atoms with Gasteiger partial charge in [0.1, 0.15) is 5.76 Å². The van der Waals surface area contributed by atoms with E-state index in [1.807, 2.05) is 109 Å². The number of amides is 1. The highest BCUT2D eigenvalue weighted by molar-refractivity contribution is 7.99. The summed E-state index contributed by atoms with van der Waals surface area (Å²) in [5.74, 6) is 2.42. The molecule has 3 aromatic rings.